The van der Waals surface area contributed by atoms with E-state index in [4.69, 9.17) is 19.9 Å². The average molecular weight is 345 g/mol. The lowest BCUT2D eigenvalue weighted by molar-refractivity contribution is 0.132. The van der Waals surface area contributed by atoms with Crippen LogP contribution in [0, 0.1) is 0 Å². The summed E-state index contributed by atoms with van der Waals surface area (Å²) in [5.41, 5.74) is 6.90. The van der Waals surface area contributed by atoms with Crippen molar-refractivity contribution in [1.82, 2.24) is 4.90 Å². The molecule has 1 saturated heterocycles. The highest BCUT2D eigenvalue weighted by atomic mass is 35.5. The zero-order valence-corrected chi connectivity index (χ0v) is 15.2. The Bertz CT molecular complexity index is 483. The van der Waals surface area contributed by atoms with Gasteiger partial charge in [-0.25, -0.2) is 0 Å². The number of halogens is 1. The highest BCUT2D eigenvalue weighted by molar-refractivity contribution is 5.85. The maximum Gasteiger partial charge on any atom is 0.164 e. The maximum atomic E-state index is 5.77. The molecule has 1 fully saturated rings. The van der Waals surface area contributed by atoms with Gasteiger partial charge in [0.05, 0.1) is 21.3 Å². The lowest BCUT2D eigenvalue weighted by Crippen LogP contribution is -2.40. The molecule has 0 radical (unpaired) electrons. The van der Waals surface area contributed by atoms with E-state index in [2.05, 4.69) is 4.90 Å². The number of rotatable bonds is 7. The first-order valence-corrected chi connectivity index (χ1v) is 7.96. The van der Waals surface area contributed by atoms with Gasteiger partial charge in [0.15, 0.2) is 11.5 Å². The van der Waals surface area contributed by atoms with Crippen LogP contribution in [0.1, 0.15) is 31.2 Å². The van der Waals surface area contributed by atoms with Crippen LogP contribution in [0.2, 0.25) is 0 Å². The number of methoxy groups -OCH3 is 3. The minimum atomic E-state index is 0. The van der Waals surface area contributed by atoms with Crippen LogP contribution in [0.4, 0.5) is 0 Å². The van der Waals surface area contributed by atoms with Crippen LogP contribution >= 0.6 is 12.4 Å². The van der Waals surface area contributed by atoms with Crippen LogP contribution in [-0.2, 0) is 6.54 Å². The van der Waals surface area contributed by atoms with Crippen LogP contribution in [-0.4, -0.2) is 45.4 Å². The molecule has 2 N–H and O–H groups in total. The van der Waals surface area contributed by atoms with Gasteiger partial charge in [-0.05, 0) is 38.4 Å². The molecule has 0 spiro atoms. The minimum absolute atomic E-state index is 0. The lowest BCUT2D eigenvalue weighted by atomic mass is 9.98. The van der Waals surface area contributed by atoms with E-state index < -0.39 is 0 Å². The lowest BCUT2D eigenvalue weighted by Gasteiger charge is -2.36. The summed E-state index contributed by atoms with van der Waals surface area (Å²) in [6, 6.07) is 4.48. The van der Waals surface area contributed by atoms with E-state index in [9.17, 15) is 0 Å². The molecule has 1 unspecified atom stereocenters. The summed E-state index contributed by atoms with van der Waals surface area (Å²) in [5, 5.41) is 0. The molecule has 0 amide bonds. The average Bonchev–Trinajstić information content (AvgIpc) is 2.56. The summed E-state index contributed by atoms with van der Waals surface area (Å²) >= 11 is 0. The highest BCUT2D eigenvalue weighted by Gasteiger charge is 2.23. The summed E-state index contributed by atoms with van der Waals surface area (Å²) in [6.07, 6.45) is 4.82. The number of hydrogen-bond donors (Lipinski definition) is 1. The molecule has 1 aliphatic heterocycles. The molecule has 0 aromatic heterocycles. The molecule has 5 nitrogen and oxygen atoms in total. The van der Waals surface area contributed by atoms with Crippen molar-refractivity contribution in [2.24, 2.45) is 5.73 Å². The van der Waals surface area contributed by atoms with Crippen LogP contribution in [0.5, 0.6) is 17.2 Å². The van der Waals surface area contributed by atoms with Gasteiger partial charge in [0, 0.05) is 24.2 Å². The largest absolute Gasteiger partial charge is 0.496 e. The predicted octanol–water partition coefficient (Wildman–Crippen LogP) is 2.84. The molecular formula is C17H29ClN2O3. The Hall–Kier alpha value is -1.17. The topological polar surface area (TPSA) is 57.0 Å². The molecule has 0 saturated carbocycles. The standard InChI is InChI=1S/C17H28N2O3.ClH/c1-20-15-11-17(22-3)16(21-2)10-13(15)12-19-9-5-4-6-14(19)7-8-18;/h10-11,14H,4-9,12,18H2,1-3H3;1H. The molecule has 6 heteroatoms. The van der Waals surface area contributed by atoms with Gasteiger partial charge in [0.25, 0.3) is 0 Å². The zero-order valence-electron chi connectivity index (χ0n) is 14.3. The number of ether oxygens (including phenoxy) is 3. The molecule has 1 aliphatic rings. The predicted molar refractivity (Wildman–Crippen MR) is 95.1 cm³/mol. The van der Waals surface area contributed by atoms with Crippen molar-refractivity contribution in [2.45, 2.75) is 38.3 Å². The first-order valence-electron chi connectivity index (χ1n) is 7.96. The van der Waals surface area contributed by atoms with E-state index in [-0.39, 0.29) is 12.4 Å². The second-order valence-corrected chi connectivity index (χ2v) is 5.72. The molecule has 132 valence electrons. The Labute approximate surface area is 145 Å². The Morgan fingerprint density at radius 3 is 2.30 bits per heavy atom. The highest BCUT2D eigenvalue weighted by Crippen LogP contribution is 2.36. The number of piperidine rings is 1. The Balaban J connectivity index is 0.00000264. The van der Waals surface area contributed by atoms with Crippen molar-refractivity contribution < 1.29 is 14.2 Å². The van der Waals surface area contributed by atoms with Gasteiger partial charge in [-0.15, -0.1) is 12.4 Å². The van der Waals surface area contributed by atoms with Crippen LogP contribution in [0.15, 0.2) is 12.1 Å². The van der Waals surface area contributed by atoms with Crippen molar-refractivity contribution in [3.8, 4) is 17.2 Å². The van der Waals surface area contributed by atoms with Gasteiger partial charge >= 0.3 is 0 Å². The number of nitrogens with zero attached hydrogens (tertiary/aromatic N) is 1. The molecule has 0 bridgehead atoms. The molecule has 1 aromatic carbocycles. The summed E-state index contributed by atoms with van der Waals surface area (Å²) in [6.45, 7) is 2.71. The van der Waals surface area contributed by atoms with Gasteiger partial charge < -0.3 is 19.9 Å². The second kappa shape index (κ2) is 9.85. The number of likely N-dealkylation sites (tertiary alicyclic amines) is 1. The summed E-state index contributed by atoms with van der Waals surface area (Å²) < 4.78 is 16.3. The molecule has 1 heterocycles. The first kappa shape index (κ1) is 19.9. The number of hydrogen-bond acceptors (Lipinski definition) is 5. The molecule has 1 aromatic rings. The van der Waals surface area contributed by atoms with Crippen molar-refractivity contribution in [3.63, 3.8) is 0 Å². The van der Waals surface area contributed by atoms with E-state index in [1.54, 1.807) is 21.3 Å². The van der Waals surface area contributed by atoms with E-state index in [1.807, 2.05) is 12.1 Å². The van der Waals surface area contributed by atoms with Crippen LogP contribution < -0.4 is 19.9 Å². The van der Waals surface area contributed by atoms with Gasteiger partial charge in [-0.1, -0.05) is 6.42 Å². The van der Waals surface area contributed by atoms with Gasteiger partial charge in [0.2, 0.25) is 0 Å². The van der Waals surface area contributed by atoms with Gasteiger partial charge in [-0.3, -0.25) is 4.90 Å². The zero-order chi connectivity index (χ0) is 15.9. The van der Waals surface area contributed by atoms with E-state index in [1.165, 1.54) is 19.3 Å². The fourth-order valence-electron chi connectivity index (χ4n) is 3.22. The van der Waals surface area contributed by atoms with Crippen molar-refractivity contribution >= 4 is 12.4 Å². The van der Waals surface area contributed by atoms with Crippen molar-refractivity contribution in [1.29, 1.82) is 0 Å². The van der Waals surface area contributed by atoms with Crippen LogP contribution in [0.3, 0.4) is 0 Å². The fraction of sp³-hybridized carbons (Fsp3) is 0.647. The molecular weight excluding hydrogens is 316 g/mol. The van der Waals surface area contributed by atoms with Crippen LogP contribution in [0.25, 0.3) is 0 Å². The summed E-state index contributed by atoms with van der Waals surface area (Å²) in [5.74, 6) is 2.28. The third-order valence-electron chi connectivity index (χ3n) is 4.41. The van der Waals surface area contributed by atoms with Gasteiger partial charge in [0.1, 0.15) is 5.75 Å². The Morgan fingerprint density at radius 1 is 1.04 bits per heavy atom. The summed E-state index contributed by atoms with van der Waals surface area (Å²) in [4.78, 5) is 2.51. The normalized spacial score (nSPS) is 18.2. The second-order valence-electron chi connectivity index (χ2n) is 5.72. The van der Waals surface area contributed by atoms with Crippen molar-refractivity contribution in [2.75, 3.05) is 34.4 Å². The minimum Gasteiger partial charge on any atom is -0.496 e. The maximum absolute atomic E-state index is 5.77. The fourth-order valence-corrected chi connectivity index (χ4v) is 3.22. The Kier molecular flexibility index (Phi) is 8.52. The molecule has 0 aliphatic carbocycles. The number of benzene rings is 1. The van der Waals surface area contributed by atoms with E-state index in [0.29, 0.717) is 11.8 Å². The van der Waals surface area contributed by atoms with Gasteiger partial charge in [-0.2, -0.15) is 0 Å². The number of nitrogens with two attached hydrogens (primary N) is 1. The first-order chi connectivity index (χ1) is 10.7. The monoisotopic (exact) mass is 344 g/mol. The third kappa shape index (κ3) is 4.90. The SMILES string of the molecule is COc1cc(OC)c(OC)cc1CN1CCCCC1CCN.Cl. The third-order valence-corrected chi connectivity index (χ3v) is 4.41. The smallest absolute Gasteiger partial charge is 0.164 e. The van der Waals surface area contributed by atoms with E-state index in [0.717, 1.165) is 43.1 Å². The molecule has 2 rings (SSSR count). The van der Waals surface area contributed by atoms with E-state index >= 15 is 0 Å². The van der Waals surface area contributed by atoms with Crippen molar-refractivity contribution in [3.05, 3.63) is 17.7 Å². The molecule has 23 heavy (non-hydrogen) atoms. The Morgan fingerprint density at radius 2 is 1.70 bits per heavy atom. The molecule has 1 atom stereocenters. The summed E-state index contributed by atoms with van der Waals surface area (Å²) in [7, 11) is 4.99. The quantitative estimate of drug-likeness (QED) is 0.824.